The number of nitrogens with one attached hydrogen (secondary N) is 1. The molecule has 0 radical (unpaired) electrons. The van der Waals surface area contributed by atoms with Crippen LogP contribution in [-0.2, 0) is 21.3 Å². The number of hydrogen-bond donors (Lipinski definition) is 1. The van der Waals surface area contributed by atoms with Gasteiger partial charge in [0.25, 0.3) is 0 Å². The number of hydrogen-bond acceptors (Lipinski definition) is 5. The lowest BCUT2D eigenvalue weighted by molar-refractivity contribution is 0.171. The van der Waals surface area contributed by atoms with E-state index in [9.17, 15) is 8.42 Å². The molecule has 0 fully saturated rings. The molecule has 1 rings (SSSR count). The lowest BCUT2D eigenvalue weighted by atomic mass is 10.4. The van der Waals surface area contributed by atoms with E-state index >= 15 is 0 Å². The molecular weight excluding hydrogens is 364 g/mol. The van der Waals surface area contributed by atoms with Gasteiger partial charge in [-0.05, 0) is 42.9 Å². The van der Waals surface area contributed by atoms with Gasteiger partial charge < -0.3 is 10.1 Å². The largest absolute Gasteiger partial charge is 0.383 e. The Balaban J connectivity index is 3.12. The van der Waals surface area contributed by atoms with Crippen molar-refractivity contribution in [1.82, 2.24) is 9.62 Å². The van der Waals surface area contributed by atoms with Gasteiger partial charge in [0.05, 0.1) is 10.4 Å². The van der Waals surface area contributed by atoms with E-state index in [-0.39, 0.29) is 6.04 Å². The molecule has 1 heterocycles. The van der Waals surface area contributed by atoms with Gasteiger partial charge >= 0.3 is 0 Å². The third-order valence-electron chi connectivity index (χ3n) is 2.74. The van der Waals surface area contributed by atoms with Crippen LogP contribution in [0.25, 0.3) is 0 Å². The SMILES string of the molecule is CNCc1cc(S(=O)(=O)N(CCOC)C(C)C)c(Br)s1. The number of ether oxygens (including phenoxy) is 1. The molecule has 0 aliphatic rings. The van der Waals surface area contributed by atoms with Gasteiger partial charge in [-0.3, -0.25) is 0 Å². The summed E-state index contributed by atoms with van der Waals surface area (Å²) in [5.41, 5.74) is 0. The lowest BCUT2D eigenvalue weighted by Gasteiger charge is -2.25. The molecular formula is C12H21BrN2O3S2. The Kier molecular flexibility index (Phi) is 7.10. The predicted octanol–water partition coefficient (Wildman–Crippen LogP) is 2.28. The van der Waals surface area contributed by atoms with Crippen molar-refractivity contribution in [3.05, 3.63) is 14.7 Å². The minimum Gasteiger partial charge on any atom is -0.383 e. The molecule has 0 aromatic carbocycles. The summed E-state index contributed by atoms with van der Waals surface area (Å²) in [6.07, 6.45) is 0. The Hall–Kier alpha value is 0.01000. The minimum atomic E-state index is -3.51. The number of methoxy groups -OCH3 is 1. The highest BCUT2D eigenvalue weighted by atomic mass is 79.9. The molecule has 1 N–H and O–H groups in total. The van der Waals surface area contributed by atoms with Crippen molar-refractivity contribution in [2.24, 2.45) is 0 Å². The van der Waals surface area contributed by atoms with Crippen LogP contribution in [0.2, 0.25) is 0 Å². The highest BCUT2D eigenvalue weighted by molar-refractivity contribution is 9.11. The summed E-state index contributed by atoms with van der Waals surface area (Å²) in [6.45, 7) is 5.10. The first-order valence-corrected chi connectivity index (χ1v) is 9.33. The van der Waals surface area contributed by atoms with Crippen LogP contribution in [0.15, 0.2) is 14.7 Å². The maximum Gasteiger partial charge on any atom is 0.245 e. The first-order chi connectivity index (χ1) is 9.34. The van der Waals surface area contributed by atoms with E-state index < -0.39 is 10.0 Å². The molecule has 0 saturated heterocycles. The smallest absolute Gasteiger partial charge is 0.245 e. The Morgan fingerprint density at radius 3 is 2.65 bits per heavy atom. The second kappa shape index (κ2) is 7.86. The topological polar surface area (TPSA) is 58.6 Å². The van der Waals surface area contributed by atoms with Crippen LogP contribution in [-0.4, -0.2) is 46.1 Å². The quantitative estimate of drug-likeness (QED) is 0.746. The maximum absolute atomic E-state index is 12.7. The van der Waals surface area contributed by atoms with Crippen molar-refractivity contribution in [1.29, 1.82) is 0 Å². The van der Waals surface area contributed by atoms with E-state index in [1.165, 1.54) is 15.6 Å². The highest BCUT2D eigenvalue weighted by Crippen LogP contribution is 2.34. The summed E-state index contributed by atoms with van der Waals surface area (Å²) in [4.78, 5) is 1.31. The van der Waals surface area contributed by atoms with Crippen LogP contribution in [0.5, 0.6) is 0 Å². The van der Waals surface area contributed by atoms with Crippen molar-refractivity contribution >= 4 is 37.3 Å². The highest BCUT2D eigenvalue weighted by Gasteiger charge is 2.30. The van der Waals surface area contributed by atoms with Gasteiger partial charge in [-0.25, -0.2) is 8.42 Å². The van der Waals surface area contributed by atoms with Gasteiger partial charge in [-0.15, -0.1) is 11.3 Å². The molecule has 1 aromatic rings. The van der Waals surface area contributed by atoms with E-state index in [2.05, 4.69) is 21.2 Å². The maximum atomic E-state index is 12.7. The van der Waals surface area contributed by atoms with Gasteiger partial charge in [-0.1, -0.05) is 0 Å². The number of sulfonamides is 1. The summed E-state index contributed by atoms with van der Waals surface area (Å²) >= 11 is 4.80. The van der Waals surface area contributed by atoms with Crippen LogP contribution < -0.4 is 5.32 Å². The molecule has 5 nitrogen and oxygen atoms in total. The molecule has 8 heteroatoms. The van der Waals surface area contributed by atoms with Crippen molar-refractivity contribution < 1.29 is 13.2 Å². The third-order valence-corrected chi connectivity index (χ3v) is 7.06. The fraction of sp³-hybridized carbons (Fsp3) is 0.667. The standard InChI is InChI=1S/C12H21BrN2O3S2/c1-9(2)15(5-6-18-4)20(16,17)11-7-10(8-14-3)19-12(11)13/h7,9,14H,5-6,8H2,1-4H3. The molecule has 0 amide bonds. The van der Waals surface area contributed by atoms with Gasteiger partial charge in [0.1, 0.15) is 4.90 Å². The minimum absolute atomic E-state index is 0.116. The Labute approximate surface area is 133 Å². The molecule has 0 saturated carbocycles. The average molecular weight is 385 g/mol. The second-order valence-electron chi connectivity index (χ2n) is 4.58. The molecule has 0 atom stereocenters. The zero-order chi connectivity index (χ0) is 15.3. The molecule has 0 aliphatic carbocycles. The van der Waals surface area contributed by atoms with Crippen molar-refractivity contribution in [2.75, 3.05) is 27.3 Å². The number of nitrogens with zero attached hydrogens (tertiary/aromatic N) is 1. The summed E-state index contributed by atoms with van der Waals surface area (Å²) in [7, 11) is -0.111. The van der Waals surface area contributed by atoms with Crippen LogP contribution in [0.1, 0.15) is 18.7 Å². The monoisotopic (exact) mass is 384 g/mol. The van der Waals surface area contributed by atoms with Gasteiger partial charge in [0.2, 0.25) is 10.0 Å². The fourth-order valence-electron chi connectivity index (χ4n) is 1.80. The van der Waals surface area contributed by atoms with Crippen molar-refractivity contribution in [2.45, 2.75) is 31.3 Å². The first kappa shape index (κ1) is 18.1. The first-order valence-electron chi connectivity index (χ1n) is 6.28. The van der Waals surface area contributed by atoms with E-state index in [1.807, 2.05) is 20.9 Å². The zero-order valence-electron chi connectivity index (χ0n) is 12.1. The lowest BCUT2D eigenvalue weighted by Crippen LogP contribution is -2.39. The molecule has 116 valence electrons. The van der Waals surface area contributed by atoms with E-state index in [4.69, 9.17) is 4.74 Å². The van der Waals surface area contributed by atoms with Crippen LogP contribution in [0.3, 0.4) is 0 Å². The van der Waals surface area contributed by atoms with Gasteiger partial charge in [-0.2, -0.15) is 4.31 Å². The van der Waals surface area contributed by atoms with Crippen LogP contribution in [0, 0.1) is 0 Å². The van der Waals surface area contributed by atoms with E-state index in [0.29, 0.717) is 28.4 Å². The summed E-state index contributed by atoms with van der Waals surface area (Å²) in [5, 5.41) is 3.02. The summed E-state index contributed by atoms with van der Waals surface area (Å²) in [6, 6.07) is 1.61. The van der Waals surface area contributed by atoms with Gasteiger partial charge in [0, 0.05) is 31.1 Å². The number of rotatable bonds is 8. The molecule has 0 spiro atoms. The fourth-order valence-corrected chi connectivity index (χ4v) is 6.07. The van der Waals surface area contributed by atoms with Crippen LogP contribution >= 0.6 is 27.3 Å². The zero-order valence-corrected chi connectivity index (χ0v) is 15.4. The molecule has 0 unspecified atom stereocenters. The Morgan fingerprint density at radius 2 is 2.15 bits per heavy atom. The predicted molar refractivity (Wildman–Crippen MR) is 85.7 cm³/mol. The molecule has 0 bridgehead atoms. The Bertz CT molecular complexity index is 529. The number of halogens is 1. The molecule has 1 aromatic heterocycles. The van der Waals surface area contributed by atoms with E-state index in [0.717, 1.165) is 4.88 Å². The second-order valence-corrected chi connectivity index (χ2v) is 8.90. The number of thiophene rings is 1. The Morgan fingerprint density at radius 1 is 1.50 bits per heavy atom. The van der Waals surface area contributed by atoms with Crippen LogP contribution in [0.4, 0.5) is 0 Å². The molecule has 20 heavy (non-hydrogen) atoms. The summed E-state index contributed by atoms with van der Waals surface area (Å²) < 4.78 is 32.6. The molecule has 0 aliphatic heterocycles. The summed E-state index contributed by atoms with van der Waals surface area (Å²) in [5.74, 6) is 0. The third kappa shape index (κ3) is 4.25. The van der Waals surface area contributed by atoms with Crippen molar-refractivity contribution in [3.8, 4) is 0 Å². The van der Waals surface area contributed by atoms with Crippen molar-refractivity contribution in [3.63, 3.8) is 0 Å². The van der Waals surface area contributed by atoms with E-state index in [1.54, 1.807) is 13.2 Å². The normalized spacial score (nSPS) is 12.6. The average Bonchev–Trinajstić information content (AvgIpc) is 2.71. The van der Waals surface area contributed by atoms with Gasteiger partial charge in [0.15, 0.2) is 0 Å².